The van der Waals surface area contributed by atoms with Gasteiger partial charge in [-0.3, -0.25) is 9.78 Å². The van der Waals surface area contributed by atoms with Gasteiger partial charge in [-0.05, 0) is 37.9 Å². The van der Waals surface area contributed by atoms with Crippen molar-refractivity contribution in [3.05, 3.63) is 24.0 Å². The van der Waals surface area contributed by atoms with E-state index in [0.717, 1.165) is 43.6 Å². The van der Waals surface area contributed by atoms with E-state index in [1.54, 1.807) is 12.4 Å². The van der Waals surface area contributed by atoms with E-state index in [4.69, 9.17) is 0 Å². The van der Waals surface area contributed by atoms with Crippen LogP contribution in [0.2, 0.25) is 0 Å². The number of hydrogen-bond acceptors (Lipinski definition) is 3. The van der Waals surface area contributed by atoms with Crippen LogP contribution < -0.4 is 10.6 Å². The second-order valence-corrected chi connectivity index (χ2v) is 5.16. The van der Waals surface area contributed by atoms with Crippen LogP contribution in [0.4, 0.5) is 5.69 Å². The molecule has 2 heterocycles. The fourth-order valence-electron chi connectivity index (χ4n) is 2.63. The van der Waals surface area contributed by atoms with Gasteiger partial charge < -0.3 is 10.6 Å². The average Bonchev–Trinajstić information content (AvgIpc) is 2.79. The molecule has 2 N–H and O–H groups in total. The predicted octanol–water partition coefficient (Wildman–Crippen LogP) is 2.11. The van der Waals surface area contributed by atoms with Crippen molar-refractivity contribution in [1.82, 2.24) is 10.3 Å². The zero-order chi connectivity index (χ0) is 13.0. The van der Waals surface area contributed by atoms with Crippen LogP contribution >= 0.6 is 0 Å². The lowest BCUT2D eigenvalue weighted by Crippen LogP contribution is -2.38. The van der Waals surface area contributed by atoms with E-state index in [9.17, 15) is 4.79 Å². The first kappa shape index (κ1) is 13.0. The van der Waals surface area contributed by atoms with Crippen molar-refractivity contribution >= 4 is 11.6 Å². The normalized spacial score (nSPS) is 23.0. The zero-order valence-corrected chi connectivity index (χ0v) is 11.1. The molecule has 1 amide bonds. The lowest BCUT2D eigenvalue weighted by molar-refractivity contribution is -0.125. The van der Waals surface area contributed by atoms with Gasteiger partial charge >= 0.3 is 0 Å². The first-order valence-corrected chi connectivity index (χ1v) is 6.60. The van der Waals surface area contributed by atoms with Gasteiger partial charge in [-0.1, -0.05) is 13.3 Å². The Kier molecular flexibility index (Phi) is 3.97. The summed E-state index contributed by atoms with van der Waals surface area (Å²) in [5.74, 6) is 0.127. The third-order valence-corrected chi connectivity index (χ3v) is 3.59. The van der Waals surface area contributed by atoms with Gasteiger partial charge in [0.1, 0.15) is 0 Å². The SMILES string of the molecule is CCCC1(C(=O)Nc2cncc(C)c2)CCNC1. The van der Waals surface area contributed by atoms with Gasteiger partial charge in [-0.15, -0.1) is 0 Å². The highest BCUT2D eigenvalue weighted by Gasteiger charge is 2.40. The molecule has 1 saturated heterocycles. The van der Waals surface area contributed by atoms with Crippen LogP contribution in [-0.4, -0.2) is 24.0 Å². The Morgan fingerprint density at radius 2 is 2.39 bits per heavy atom. The topological polar surface area (TPSA) is 54.0 Å². The summed E-state index contributed by atoms with van der Waals surface area (Å²) in [6.07, 6.45) is 6.37. The maximum absolute atomic E-state index is 12.5. The van der Waals surface area contributed by atoms with E-state index >= 15 is 0 Å². The second-order valence-electron chi connectivity index (χ2n) is 5.16. The number of anilines is 1. The van der Waals surface area contributed by atoms with Crippen molar-refractivity contribution in [2.45, 2.75) is 33.1 Å². The van der Waals surface area contributed by atoms with Crippen LogP contribution in [0.5, 0.6) is 0 Å². The maximum atomic E-state index is 12.5. The molecule has 1 aliphatic rings. The molecule has 1 aromatic heterocycles. The van der Waals surface area contributed by atoms with Crippen LogP contribution in [0.3, 0.4) is 0 Å². The van der Waals surface area contributed by atoms with Crippen LogP contribution in [0.25, 0.3) is 0 Å². The highest BCUT2D eigenvalue weighted by molar-refractivity contribution is 5.95. The van der Waals surface area contributed by atoms with E-state index in [1.807, 2.05) is 13.0 Å². The number of pyridine rings is 1. The Labute approximate surface area is 108 Å². The summed E-state index contributed by atoms with van der Waals surface area (Å²) in [5.41, 5.74) is 1.61. The summed E-state index contributed by atoms with van der Waals surface area (Å²) >= 11 is 0. The number of nitrogens with zero attached hydrogens (tertiary/aromatic N) is 1. The van der Waals surface area contributed by atoms with E-state index in [0.29, 0.717) is 0 Å². The fourth-order valence-corrected chi connectivity index (χ4v) is 2.63. The number of amides is 1. The molecule has 0 aromatic carbocycles. The van der Waals surface area contributed by atoms with Crippen LogP contribution in [0.15, 0.2) is 18.5 Å². The number of aromatic nitrogens is 1. The largest absolute Gasteiger partial charge is 0.324 e. The highest BCUT2D eigenvalue weighted by atomic mass is 16.2. The molecular formula is C14H21N3O. The molecule has 2 rings (SSSR count). The molecule has 18 heavy (non-hydrogen) atoms. The quantitative estimate of drug-likeness (QED) is 0.856. The van der Waals surface area contributed by atoms with Gasteiger partial charge in [0.25, 0.3) is 0 Å². The summed E-state index contributed by atoms with van der Waals surface area (Å²) in [7, 11) is 0. The average molecular weight is 247 g/mol. The van der Waals surface area contributed by atoms with Crippen molar-refractivity contribution in [2.24, 2.45) is 5.41 Å². The Morgan fingerprint density at radius 3 is 3.00 bits per heavy atom. The van der Waals surface area contributed by atoms with E-state index in [2.05, 4.69) is 22.5 Å². The standard InChI is InChI=1S/C14H21N3O/c1-3-4-14(5-6-15-10-14)13(18)17-12-7-11(2)8-16-9-12/h7-9,15H,3-6,10H2,1-2H3,(H,17,18). The van der Waals surface area contributed by atoms with Gasteiger partial charge in [-0.2, -0.15) is 0 Å². The van der Waals surface area contributed by atoms with Crippen LogP contribution in [-0.2, 0) is 4.79 Å². The smallest absolute Gasteiger partial charge is 0.231 e. The minimum Gasteiger partial charge on any atom is -0.324 e. The molecule has 1 aromatic rings. The Balaban J connectivity index is 2.10. The number of carbonyl (C=O) groups is 1. The van der Waals surface area contributed by atoms with Crippen molar-refractivity contribution in [1.29, 1.82) is 0 Å². The van der Waals surface area contributed by atoms with Gasteiger partial charge in [0.15, 0.2) is 0 Å². The molecule has 1 unspecified atom stereocenters. The van der Waals surface area contributed by atoms with Gasteiger partial charge in [0.2, 0.25) is 5.91 Å². The molecule has 4 nitrogen and oxygen atoms in total. The Morgan fingerprint density at radius 1 is 1.56 bits per heavy atom. The molecule has 0 saturated carbocycles. The summed E-state index contributed by atoms with van der Waals surface area (Å²) in [6, 6.07) is 1.95. The minimum atomic E-state index is -0.238. The molecule has 1 aliphatic heterocycles. The summed E-state index contributed by atoms with van der Waals surface area (Å²) in [6.45, 7) is 5.81. The van der Waals surface area contributed by atoms with Crippen molar-refractivity contribution < 1.29 is 4.79 Å². The van der Waals surface area contributed by atoms with Crippen LogP contribution in [0, 0.1) is 12.3 Å². The van der Waals surface area contributed by atoms with Gasteiger partial charge in [-0.25, -0.2) is 0 Å². The number of hydrogen-bond donors (Lipinski definition) is 2. The Hall–Kier alpha value is -1.42. The van der Waals surface area contributed by atoms with Crippen molar-refractivity contribution in [3.8, 4) is 0 Å². The maximum Gasteiger partial charge on any atom is 0.231 e. The van der Waals surface area contributed by atoms with Gasteiger partial charge in [0.05, 0.1) is 17.3 Å². The van der Waals surface area contributed by atoms with E-state index in [1.165, 1.54) is 0 Å². The highest BCUT2D eigenvalue weighted by Crippen LogP contribution is 2.32. The monoisotopic (exact) mass is 247 g/mol. The third-order valence-electron chi connectivity index (χ3n) is 3.59. The number of carbonyl (C=O) groups excluding carboxylic acids is 1. The molecule has 98 valence electrons. The summed E-state index contributed by atoms with van der Waals surface area (Å²) in [5, 5.41) is 6.31. The molecule has 4 heteroatoms. The first-order valence-electron chi connectivity index (χ1n) is 6.60. The molecule has 0 bridgehead atoms. The van der Waals surface area contributed by atoms with Crippen molar-refractivity contribution in [2.75, 3.05) is 18.4 Å². The molecule has 1 fully saturated rings. The molecule has 0 spiro atoms. The zero-order valence-electron chi connectivity index (χ0n) is 11.1. The van der Waals surface area contributed by atoms with Crippen molar-refractivity contribution in [3.63, 3.8) is 0 Å². The first-order chi connectivity index (χ1) is 8.66. The van der Waals surface area contributed by atoms with E-state index in [-0.39, 0.29) is 11.3 Å². The second kappa shape index (κ2) is 5.48. The van der Waals surface area contributed by atoms with Gasteiger partial charge in [0, 0.05) is 12.7 Å². The molecule has 0 radical (unpaired) electrons. The summed E-state index contributed by atoms with van der Waals surface area (Å²) < 4.78 is 0. The number of nitrogens with one attached hydrogen (secondary N) is 2. The lowest BCUT2D eigenvalue weighted by atomic mass is 9.81. The summed E-state index contributed by atoms with van der Waals surface area (Å²) in [4.78, 5) is 16.6. The molecule has 0 aliphatic carbocycles. The van der Waals surface area contributed by atoms with Crippen LogP contribution in [0.1, 0.15) is 31.7 Å². The lowest BCUT2D eigenvalue weighted by Gasteiger charge is -2.26. The Bertz CT molecular complexity index is 425. The molecule has 1 atom stereocenters. The number of rotatable bonds is 4. The predicted molar refractivity (Wildman–Crippen MR) is 72.4 cm³/mol. The molecular weight excluding hydrogens is 226 g/mol. The van der Waals surface area contributed by atoms with E-state index < -0.39 is 0 Å². The fraction of sp³-hybridized carbons (Fsp3) is 0.571. The third kappa shape index (κ3) is 2.70. The number of aryl methyl sites for hydroxylation is 1. The minimum absolute atomic E-state index is 0.127.